The molecule has 0 unspecified atom stereocenters. The zero-order valence-electron chi connectivity index (χ0n) is 12.2. The van der Waals surface area contributed by atoms with Crippen LogP contribution in [0.1, 0.15) is 41.3 Å². The third-order valence-electron chi connectivity index (χ3n) is 3.35. The van der Waals surface area contributed by atoms with Gasteiger partial charge in [0.2, 0.25) is 0 Å². The van der Waals surface area contributed by atoms with Crippen LogP contribution in [0.4, 0.5) is 0 Å². The van der Waals surface area contributed by atoms with Crippen LogP contribution in [0.3, 0.4) is 0 Å². The van der Waals surface area contributed by atoms with Crippen LogP contribution in [-0.2, 0) is 0 Å². The molecule has 0 fully saturated rings. The molecule has 104 valence electrons. The van der Waals surface area contributed by atoms with Crippen molar-refractivity contribution in [2.75, 3.05) is 5.75 Å². The third kappa shape index (κ3) is 3.73. The van der Waals surface area contributed by atoms with Crippen LogP contribution in [0.5, 0.6) is 0 Å². The maximum atomic E-state index is 12.2. The molecule has 0 radical (unpaired) electrons. The van der Waals surface area contributed by atoms with E-state index in [-0.39, 0.29) is 5.78 Å². The van der Waals surface area contributed by atoms with Crippen molar-refractivity contribution in [3.05, 3.63) is 65.2 Å². The third-order valence-corrected chi connectivity index (χ3v) is 4.53. The fourth-order valence-electron chi connectivity index (χ4n) is 2.00. The summed E-state index contributed by atoms with van der Waals surface area (Å²) in [6, 6.07) is 16.2. The highest BCUT2D eigenvalue weighted by Gasteiger charge is 2.08. The van der Waals surface area contributed by atoms with Crippen molar-refractivity contribution < 1.29 is 4.79 Å². The lowest BCUT2D eigenvalue weighted by atomic mass is 10.0. The normalized spacial score (nSPS) is 10.8. The molecule has 0 spiro atoms. The van der Waals surface area contributed by atoms with Gasteiger partial charge in [-0.3, -0.25) is 4.79 Å². The van der Waals surface area contributed by atoms with Crippen molar-refractivity contribution in [1.82, 2.24) is 0 Å². The summed E-state index contributed by atoms with van der Waals surface area (Å²) in [7, 11) is 0. The number of benzene rings is 2. The maximum absolute atomic E-state index is 12.2. The minimum atomic E-state index is 0.188. The molecule has 2 aromatic rings. The molecule has 0 amide bonds. The van der Waals surface area contributed by atoms with Gasteiger partial charge in [-0.2, -0.15) is 0 Å². The van der Waals surface area contributed by atoms with Crippen LogP contribution in [0.25, 0.3) is 0 Å². The number of carbonyl (C=O) groups is 1. The second-order valence-corrected chi connectivity index (χ2v) is 6.27. The predicted octanol–water partition coefficient (Wildman–Crippen LogP) is 5.09. The van der Waals surface area contributed by atoms with Crippen molar-refractivity contribution in [2.45, 2.75) is 31.6 Å². The van der Waals surface area contributed by atoms with E-state index >= 15 is 0 Å². The average molecular weight is 284 g/mol. The van der Waals surface area contributed by atoms with Crippen LogP contribution in [-0.4, -0.2) is 11.5 Å². The molecule has 0 atom stereocenters. The average Bonchev–Trinajstić information content (AvgIpc) is 2.46. The second-order valence-electron chi connectivity index (χ2n) is 5.25. The molecule has 0 aliphatic heterocycles. The minimum absolute atomic E-state index is 0.188. The van der Waals surface area contributed by atoms with Crippen molar-refractivity contribution >= 4 is 17.5 Å². The monoisotopic (exact) mass is 284 g/mol. The van der Waals surface area contributed by atoms with Gasteiger partial charge in [-0.1, -0.05) is 56.3 Å². The smallest absolute Gasteiger partial charge is 0.173 e. The molecule has 20 heavy (non-hydrogen) atoms. The number of Topliss-reactive ketones (excluding diaryl/α,β-unsaturated/α-hetero) is 1. The van der Waals surface area contributed by atoms with Crippen LogP contribution < -0.4 is 0 Å². The number of hydrogen-bond acceptors (Lipinski definition) is 2. The van der Waals surface area contributed by atoms with E-state index in [4.69, 9.17) is 0 Å². The van der Waals surface area contributed by atoms with Crippen LogP contribution in [0.15, 0.2) is 53.4 Å². The molecule has 0 saturated carbocycles. The maximum Gasteiger partial charge on any atom is 0.173 e. The molecule has 0 aliphatic carbocycles. The lowest BCUT2D eigenvalue weighted by molar-refractivity contribution is 0.102. The van der Waals surface area contributed by atoms with Crippen LogP contribution >= 0.6 is 11.8 Å². The van der Waals surface area contributed by atoms with Gasteiger partial charge in [0, 0.05) is 10.5 Å². The zero-order chi connectivity index (χ0) is 14.5. The fourth-order valence-corrected chi connectivity index (χ4v) is 2.92. The van der Waals surface area contributed by atoms with Gasteiger partial charge in [0.25, 0.3) is 0 Å². The van der Waals surface area contributed by atoms with Crippen molar-refractivity contribution in [3.63, 3.8) is 0 Å². The van der Waals surface area contributed by atoms with Crippen molar-refractivity contribution in [1.29, 1.82) is 0 Å². The standard InChI is InChI=1S/C18H20OS/c1-13(2)15-8-10-16(11-9-15)17(19)12-20-18-7-5-4-6-14(18)3/h4-11,13H,12H2,1-3H3. The number of hydrogen-bond donors (Lipinski definition) is 0. The fraction of sp³-hybridized carbons (Fsp3) is 0.278. The minimum Gasteiger partial charge on any atom is -0.293 e. The number of carbonyl (C=O) groups excluding carboxylic acids is 1. The predicted molar refractivity (Wildman–Crippen MR) is 86.8 cm³/mol. The highest BCUT2D eigenvalue weighted by Crippen LogP contribution is 2.23. The SMILES string of the molecule is Cc1ccccc1SCC(=O)c1ccc(C(C)C)cc1. The number of thioether (sulfide) groups is 1. The summed E-state index contributed by atoms with van der Waals surface area (Å²) in [5, 5.41) is 0. The highest BCUT2D eigenvalue weighted by atomic mass is 32.2. The molecule has 0 bridgehead atoms. The van der Waals surface area contributed by atoms with Gasteiger partial charge in [-0.05, 0) is 30.0 Å². The molecule has 0 aromatic heterocycles. The van der Waals surface area contributed by atoms with E-state index in [1.807, 2.05) is 24.3 Å². The Kier molecular flexibility index (Phi) is 5.02. The molecule has 2 heteroatoms. The zero-order valence-corrected chi connectivity index (χ0v) is 13.0. The topological polar surface area (TPSA) is 17.1 Å². The molecular formula is C18H20OS. The number of rotatable bonds is 5. The Morgan fingerprint density at radius 2 is 1.70 bits per heavy atom. The first-order valence-corrected chi connectivity index (χ1v) is 7.88. The lowest BCUT2D eigenvalue weighted by Gasteiger charge is -2.07. The molecular weight excluding hydrogens is 264 g/mol. The molecule has 0 heterocycles. The number of ketones is 1. The van der Waals surface area contributed by atoms with Gasteiger partial charge in [0.1, 0.15) is 0 Å². The first kappa shape index (κ1) is 14.9. The Morgan fingerprint density at radius 1 is 1.05 bits per heavy atom. The second kappa shape index (κ2) is 6.76. The van der Waals surface area contributed by atoms with E-state index in [1.165, 1.54) is 16.0 Å². The van der Waals surface area contributed by atoms with Gasteiger partial charge in [-0.25, -0.2) is 0 Å². The summed E-state index contributed by atoms with van der Waals surface area (Å²) in [6.45, 7) is 6.39. The summed E-state index contributed by atoms with van der Waals surface area (Å²) >= 11 is 1.61. The van der Waals surface area contributed by atoms with Crippen molar-refractivity contribution in [2.24, 2.45) is 0 Å². The Bertz CT molecular complexity index is 585. The Labute approximate surface area is 125 Å². The molecule has 0 saturated heterocycles. The molecule has 1 nitrogen and oxygen atoms in total. The van der Waals surface area contributed by atoms with Crippen LogP contribution in [0, 0.1) is 6.92 Å². The quantitative estimate of drug-likeness (QED) is 0.561. The summed E-state index contributed by atoms with van der Waals surface area (Å²) in [5.41, 5.74) is 3.30. The van der Waals surface area contributed by atoms with Gasteiger partial charge >= 0.3 is 0 Å². The lowest BCUT2D eigenvalue weighted by Crippen LogP contribution is -2.03. The van der Waals surface area contributed by atoms with E-state index < -0.39 is 0 Å². The Hall–Kier alpha value is -1.54. The number of aryl methyl sites for hydroxylation is 1. The first-order valence-electron chi connectivity index (χ1n) is 6.89. The first-order chi connectivity index (χ1) is 9.58. The van der Waals surface area contributed by atoms with Gasteiger partial charge in [-0.15, -0.1) is 11.8 Å². The highest BCUT2D eigenvalue weighted by molar-refractivity contribution is 8.00. The van der Waals surface area contributed by atoms with E-state index in [0.717, 1.165) is 5.56 Å². The summed E-state index contributed by atoms with van der Waals surface area (Å²) in [5.74, 6) is 1.18. The summed E-state index contributed by atoms with van der Waals surface area (Å²) in [4.78, 5) is 13.4. The molecule has 0 N–H and O–H groups in total. The van der Waals surface area contributed by atoms with Gasteiger partial charge in [0.15, 0.2) is 5.78 Å². The molecule has 2 rings (SSSR count). The molecule has 2 aromatic carbocycles. The van der Waals surface area contributed by atoms with Gasteiger partial charge in [0.05, 0.1) is 5.75 Å². The van der Waals surface area contributed by atoms with E-state index in [2.05, 4.69) is 45.0 Å². The van der Waals surface area contributed by atoms with Crippen molar-refractivity contribution in [3.8, 4) is 0 Å². The Balaban J connectivity index is 2.00. The van der Waals surface area contributed by atoms with E-state index in [0.29, 0.717) is 11.7 Å². The van der Waals surface area contributed by atoms with E-state index in [1.54, 1.807) is 11.8 Å². The molecule has 0 aliphatic rings. The summed E-state index contributed by atoms with van der Waals surface area (Å²) in [6.07, 6.45) is 0. The van der Waals surface area contributed by atoms with E-state index in [9.17, 15) is 4.79 Å². The summed E-state index contributed by atoms with van der Waals surface area (Å²) < 4.78 is 0. The largest absolute Gasteiger partial charge is 0.293 e. The van der Waals surface area contributed by atoms with Gasteiger partial charge < -0.3 is 0 Å². The van der Waals surface area contributed by atoms with Crippen LogP contribution in [0.2, 0.25) is 0 Å². The Morgan fingerprint density at radius 3 is 2.30 bits per heavy atom.